The molecule has 1 heterocycles. The van der Waals surface area contributed by atoms with E-state index >= 15 is 0 Å². The number of carbonyl (C=O) groups is 2. The molecule has 1 aliphatic rings. The first-order valence-corrected chi connectivity index (χ1v) is 6.75. The Morgan fingerprint density at radius 1 is 1.40 bits per heavy atom. The van der Waals surface area contributed by atoms with E-state index in [4.69, 9.17) is 0 Å². The van der Waals surface area contributed by atoms with E-state index in [1.54, 1.807) is 17.9 Å². The Hall–Kier alpha value is -2.10. The number of hydrogen-bond acceptors (Lipinski definition) is 3. The van der Waals surface area contributed by atoms with Crippen LogP contribution >= 0.6 is 0 Å². The van der Waals surface area contributed by atoms with E-state index in [0.29, 0.717) is 18.7 Å². The molecule has 0 unspecified atom stereocenters. The summed E-state index contributed by atoms with van der Waals surface area (Å²) < 4.78 is 4.65. The second-order valence-electron chi connectivity index (χ2n) is 4.89. The van der Waals surface area contributed by atoms with Crippen molar-refractivity contribution in [2.45, 2.75) is 19.8 Å². The Morgan fingerprint density at radius 3 is 2.90 bits per heavy atom. The standard InChI is InChI=1S/C16H19NO3/c1-12(16(19)20-2)9-11-17-10-5-7-13-6-3-4-8-14(13)15(17)18/h3-4,6,8-9H,5,7,10-11H2,1-2H3/b12-9+. The van der Waals surface area contributed by atoms with Gasteiger partial charge in [0.15, 0.2) is 0 Å². The minimum absolute atomic E-state index is 0.0343. The first kappa shape index (κ1) is 14.3. The largest absolute Gasteiger partial charge is 0.466 e. The number of aryl methyl sites for hydroxylation is 1. The Bertz CT molecular complexity index is 548. The summed E-state index contributed by atoms with van der Waals surface area (Å²) in [6, 6.07) is 7.72. The molecular weight excluding hydrogens is 254 g/mol. The molecule has 4 heteroatoms. The minimum atomic E-state index is -0.354. The summed E-state index contributed by atoms with van der Waals surface area (Å²) in [5.74, 6) is -0.320. The predicted molar refractivity (Wildman–Crippen MR) is 76.4 cm³/mol. The zero-order valence-corrected chi connectivity index (χ0v) is 11.9. The summed E-state index contributed by atoms with van der Waals surface area (Å²) in [6.07, 6.45) is 3.60. The van der Waals surface area contributed by atoms with E-state index < -0.39 is 0 Å². The number of carbonyl (C=O) groups excluding carboxylic acids is 2. The van der Waals surface area contributed by atoms with Gasteiger partial charge in [-0.1, -0.05) is 24.3 Å². The molecule has 1 aromatic rings. The SMILES string of the molecule is COC(=O)/C(C)=C/CN1CCCc2ccccc2C1=O. The average molecular weight is 273 g/mol. The molecule has 0 aliphatic carbocycles. The molecule has 0 saturated carbocycles. The first-order valence-electron chi connectivity index (χ1n) is 6.75. The van der Waals surface area contributed by atoms with Gasteiger partial charge in [-0.2, -0.15) is 0 Å². The van der Waals surface area contributed by atoms with Crippen LogP contribution in [0.5, 0.6) is 0 Å². The number of hydrogen-bond donors (Lipinski definition) is 0. The smallest absolute Gasteiger partial charge is 0.333 e. The summed E-state index contributed by atoms with van der Waals surface area (Å²) in [7, 11) is 1.35. The van der Waals surface area contributed by atoms with E-state index in [1.165, 1.54) is 7.11 Å². The van der Waals surface area contributed by atoms with Crippen LogP contribution in [-0.2, 0) is 16.0 Å². The van der Waals surface area contributed by atoms with E-state index in [2.05, 4.69) is 4.74 Å². The zero-order chi connectivity index (χ0) is 14.5. The second kappa shape index (κ2) is 6.37. The van der Waals surface area contributed by atoms with Crippen molar-refractivity contribution in [1.29, 1.82) is 0 Å². The Balaban J connectivity index is 2.14. The van der Waals surface area contributed by atoms with Crippen molar-refractivity contribution in [3.8, 4) is 0 Å². The molecule has 1 amide bonds. The van der Waals surface area contributed by atoms with Crippen LogP contribution in [0, 0.1) is 0 Å². The third-order valence-electron chi connectivity index (χ3n) is 3.53. The minimum Gasteiger partial charge on any atom is -0.466 e. The molecular formula is C16H19NO3. The number of rotatable bonds is 3. The van der Waals surface area contributed by atoms with Crippen LogP contribution in [0.25, 0.3) is 0 Å². The molecule has 2 rings (SSSR count). The maximum Gasteiger partial charge on any atom is 0.333 e. The van der Waals surface area contributed by atoms with Gasteiger partial charge in [-0.05, 0) is 31.4 Å². The molecule has 20 heavy (non-hydrogen) atoms. The van der Waals surface area contributed by atoms with Gasteiger partial charge in [-0.25, -0.2) is 4.79 Å². The summed E-state index contributed by atoms with van der Waals surface area (Å²) in [5, 5.41) is 0. The average Bonchev–Trinajstić information content (AvgIpc) is 2.64. The normalized spacial score (nSPS) is 15.6. The number of fused-ring (bicyclic) bond motifs is 1. The van der Waals surface area contributed by atoms with Crippen molar-refractivity contribution in [2.75, 3.05) is 20.2 Å². The fourth-order valence-electron chi connectivity index (χ4n) is 2.34. The lowest BCUT2D eigenvalue weighted by molar-refractivity contribution is -0.136. The molecule has 0 fully saturated rings. The molecule has 4 nitrogen and oxygen atoms in total. The molecule has 0 radical (unpaired) electrons. The first-order chi connectivity index (χ1) is 9.63. The highest BCUT2D eigenvalue weighted by atomic mass is 16.5. The molecule has 1 aromatic carbocycles. The summed E-state index contributed by atoms with van der Waals surface area (Å²) >= 11 is 0. The highest BCUT2D eigenvalue weighted by Gasteiger charge is 2.21. The number of esters is 1. The van der Waals surface area contributed by atoms with Gasteiger partial charge in [0.1, 0.15) is 0 Å². The van der Waals surface area contributed by atoms with Crippen LogP contribution in [0.3, 0.4) is 0 Å². The van der Waals surface area contributed by atoms with E-state index in [-0.39, 0.29) is 11.9 Å². The lowest BCUT2D eigenvalue weighted by Gasteiger charge is -2.19. The molecule has 1 aliphatic heterocycles. The van der Waals surface area contributed by atoms with Gasteiger partial charge in [0.25, 0.3) is 5.91 Å². The topological polar surface area (TPSA) is 46.6 Å². The number of ether oxygens (including phenoxy) is 1. The highest BCUT2D eigenvalue weighted by molar-refractivity contribution is 5.96. The fourth-order valence-corrected chi connectivity index (χ4v) is 2.34. The lowest BCUT2D eigenvalue weighted by Crippen LogP contribution is -2.31. The molecule has 0 atom stereocenters. The van der Waals surface area contributed by atoms with Crippen molar-refractivity contribution in [1.82, 2.24) is 4.90 Å². The van der Waals surface area contributed by atoms with Crippen LogP contribution in [0.4, 0.5) is 0 Å². The van der Waals surface area contributed by atoms with Crippen molar-refractivity contribution < 1.29 is 14.3 Å². The van der Waals surface area contributed by atoms with Crippen LogP contribution in [-0.4, -0.2) is 37.0 Å². The highest BCUT2D eigenvalue weighted by Crippen LogP contribution is 2.18. The lowest BCUT2D eigenvalue weighted by atomic mass is 10.0. The third kappa shape index (κ3) is 3.07. The fraction of sp³-hybridized carbons (Fsp3) is 0.375. The van der Waals surface area contributed by atoms with Crippen molar-refractivity contribution in [3.63, 3.8) is 0 Å². The Kier molecular flexibility index (Phi) is 4.56. The van der Waals surface area contributed by atoms with E-state index in [0.717, 1.165) is 24.0 Å². The van der Waals surface area contributed by atoms with Gasteiger partial charge in [0.05, 0.1) is 7.11 Å². The predicted octanol–water partition coefficient (Wildman–Crippen LogP) is 2.19. The Morgan fingerprint density at radius 2 is 2.15 bits per heavy atom. The maximum atomic E-state index is 12.5. The van der Waals surface area contributed by atoms with Gasteiger partial charge in [-0.15, -0.1) is 0 Å². The maximum absolute atomic E-state index is 12.5. The van der Waals surface area contributed by atoms with Crippen LogP contribution < -0.4 is 0 Å². The van der Waals surface area contributed by atoms with Gasteiger partial charge >= 0.3 is 5.97 Å². The second-order valence-corrected chi connectivity index (χ2v) is 4.89. The molecule has 0 saturated heterocycles. The van der Waals surface area contributed by atoms with Gasteiger partial charge in [-0.3, -0.25) is 4.79 Å². The third-order valence-corrected chi connectivity index (χ3v) is 3.53. The molecule has 0 bridgehead atoms. The van der Waals surface area contributed by atoms with Crippen molar-refractivity contribution >= 4 is 11.9 Å². The zero-order valence-electron chi connectivity index (χ0n) is 11.9. The molecule has 0 N–H and O–H groups in total. The number of methoxy groups -OCH3 is 1. The molecule has 0 aromatic heterocycles. The quantitative estimate of drug-likeness (QED) is 0.626. The van der Waals surface area contributed by atoms with Gasteiger partial charge < -0.3 is 9.64 Å². The molecule has 106 valence electrons. The van der Waals surface area contributed by atoms with Gasteiger partial charge in [0.2, 0.25) is 0 Å². The Labute approximate surface area is 119 Å². The van der Waals surface area contributed by atoms with Crippen molar-refractivity contribution in [3.05, 3.63) is 47.0 Å². The van der Waals surface area contributed by atoms with E-state index in [9.17, 15) is 9.59 Å². The van der Waals surface area contributed by atoms with Crippen LogP contribution in [0.15, 0.2) is 35.9 Å². The summed E-state index contributed by atoms with van der Waals surface area (Å²) in [6.45, 7) is 2.84. The summed E-state index contributed by atoms with van der Waals surface area (Å²) in [4.78, 5) is 25.6. The number of amides is 1. The van der Waals surface area contributed by atoms with Gasteiger partial charge in [0, 0.05) is 24.2 Å². The van der Waals surface area contributed by atoms with Crippen molar-refractivity contribution in [2.24, 2.45) is 0 Å². The monoisotopic (exact) mass is 273 g/mol. The van der Waals surface area contributed by atoms with E-state index in [1.807, 2.05) is 24.3 Å². The number of benzene rings is 1. The molecule has 0 spiro atoms. The van der Waals surface area contributed by atoms with Crippen LogP contribution in [0.1, 0.15) is 29.3 Å². The summed E-state index contributed by atoms with van der Waals surface area (Å²) in [5.41, 5.74) is 2.40. The number of nitrogens with zero attached hydrogens (tertiary/aromatic N) is 1. The van der Waals surface area contributed by atoms with Crippen LogP contribution in [0.2, 0.25) is 0 Å².